The highest BCUT2D eigenvalue weighted by Gasteiger charge is 2.43. The third kappa shape index (κ3) is 3.68. The van der Waals surface area contributed by atoms with E-state index in [9.17, 15) is 0 Å². The van der Waals surface area contributed by atoms with Crippen molar-refractivity contribution in [1.29, 1.82) is 0 Å². The molecule has 0 aromatic heterocycles. The van der Waals surface area contributed by atoms with Crippen molar-refractivity contribution in [3.05, 3.63) is 173 Å². The molecule has 0 heterocycles. The summed E-state index contributed by atoms with van der Waals surface area (Å²) >= 11 is 0. The van der Waals surface area contributed by atoms with Crippen LogP contribution in [0.4, 0.5) is 17.1 Å². The predicted molar refractivity (Wildman–Crippen MR) is 211 cm³/mol. The Labute approximate surface area is 295 Å². The molecule has 0 bridgehead atoms. The van der Waals surface area contributed by atoms with Gasteiger partial charge < -0.3 is 4.90 Å². The molecule has 50 heavy (non-hydrogen) atoms. The molecule has 0 saturated heterocycles. The van der Waals surface area contributed by atoms with Gasteiger partial charge in [0.05, 0.1) is 11.4 Å². The van der Waals surface area contributed by atoms with Crippen molar-refractivity contribution in [1.82, 2.24) is 0 Å². The lowest BCUT2D eigenvalue weighted by Crippen LogP contribution is -2.22. The van der Waals surface area contributed by atoms with E-state index >= 15 is 0 Å². The number of nitrogens with zero attached hydrogens (tertiary/aromatic N) is 1. The average molecular weight is 644 g/mol. The zero-order valence-corrected chi connectivity index (χ0v) is 29.7. The number of hydrogen-bond acceptors (Lipinski definition) is 1. The van der Waals surface area contributed by atoms with Gasteiger partial charge in [-0.1, -0.05) is 157 Å². The monoisotopic (exact) mass is 643 g/mol. The quantitative estimate of drug-likeness (QED) is 0.185. The van der Waals surface area contributed by atoms with Gasteiger partial charge in [-0.2, -0.15) is 0 Å². The van der Waals surface area contributed by atoms with Crippen molar-refractivity contribution >= 4 is 27.8 Å². The first-order valence-electron chi connectivity index (χ1n) is 18.0. The number of rotatable bonds is 3. The number of benzene rings is 7. The molecule has 10 rings (SSSR count). The van der Waals surface area contributed by atoms with Crippen molar-refractivity contribution < 1.29 is 0 Å². The highest BCUT2D eigenvalue weighted by Crippen LogP contribution is 2.60. The number of hydrogen-bond donors (Lipinski definition) is 0. The van der Waals surface area contributed by atoms with Crippen LogP contribution >= 0.6 is 0 Å². The van der Waals surface area contributed by atoms with E-state index in [1.165, 1.54) is 94.6 Å². The SMILES string of the molecule is CC1(C)c2ccccc2-c2ccc(N(c3cc4ccccc4c4c3-c3ccccc3C4(C)C)c3cccc4c3C(C)(C)c3ccccc3-4)cc21. The Bertz CT molecular complexity index is 2580. The van der Waals surface area contributed by atoms with Crippen molar-refractivity contribution in [2.24, 2.45) is 0 Å². The molecule has 0 saturated carbocycles. The maximum Gasteiger partial charge on any atom is 0.0549 e. The summed E-state index contributed by atoms with van der Waals surface area (Å²) in [6.45, 7) is 14.4. The molecule has 3 aliphatic rings. The third-order valence-electron chi connectivity index (χ3n) is 12.4. The van der Waals surface area contributed by atoms with E-state index < -0.39 is 0 Å². The van der Waals surface area contributed by atoms with E-state index in [-0.39, 0.29) is 16.2 Å². The van der Waals surface area contributed by atoms with Crippen LogP contribution in [-0.4, -0.2) is 0 Å². The van der Waals surface area contributed by atoms with Gasteiger partial charge in [-0.25, -0.2) is 0 Å². The smallest absolute Gasteiger partial charge is 0.0549 e. The zero-order chi connectivity index (χ0) is 34.2. The Hall–Kier alpha value is -5.40. The van der Waals surface area contributed by atoms with E-state index in [1.807, 2.05) is 0 Å². The summed E-state index contributed by atoms with van der Waals surface area (Å²) in [7, 11) is 0. The second kappa shape index (κ2) is 9.86. The molecular weight excluding hydrogens is 603 g/mol. The Morgan fingerprint density at radius 2 is 0.920 bits per heavy atom. The predicted octanol–water partition coefficient (Wildman–Crippen LogP) is 13.2. The highest BCUT2D eigenvalue weighted by molar-refractivity contribution is 6.07. The van der Waals surface area contributed by atoms with Crippen molar-refractivity contribution in [3.8, 4) is 33.4 Å². The molecule has 0 fully saturated rings. The van der Waals surface area contributed by atoms with E-state index in [0.29, 0.717) is 0 Å². The van der Waals surface area contributed by atoms with E-state index in [2.05, 4.69) is 186 Å². The molecule has 0 aliphatic heterocycles. The van der Waals surface area contributed by atoms with Crippen LogP contribution < -0.4 is 4.90 Å². The van der Waals surface area contributed by atoms with Crippen molar-refractivity contribution in [3.63, 3.8) is 0 Å². The molecule has 0 unspecified atom stereocenters. The fourth-order valence-corrected chi connectivity index (χ4v) is 10.1. The molecule has 1 heteroatoms. The average Bonchev–Trinajstić information content (AvgIpc) is 3.62. The molecular formula is C49H41N. The third-order valence-corrected chi connectivity index (χ3v) is 12.4. The van der Waals surface area contributed by atoms with Gasteiger partial charge in [0.1, 0.15) is 0 Å². The van der Waals surface area contributed by atoms with Crippen molar-refractivity contribution in [2.45, 2.75) is 57.8 Å². The highest BCUT2D eigenvalue weighted by atomic mass is 15.2. The largest absolute Gasteiger partial charge is 0.309 e. The van der Waals surface area contributed by atoms with E-state index in [0.717, 1.165) is 0 Å². The summed E-state index contributed by atoms with van der Waals surface area (Å²) in [6.07, 6.45) is 0. The van der Waals surface area contributed by atoms with Gasteiger partial charge in [-0.15, -0.1) is 0 Å². The molecule has 3 aliphatic carbocycles. The van der Waals surface area contributed by atoms with Crippen LogP contribution in [-0.2, 0) is 16.2 Å². The summed E-state index contributed by atoms with van der Waals surface area (Å²) in [6, 6.07) is 52.8. The summed E-state index contributed by atoms with van der Waals surface area (Å²) < 4.78 is 0. The molecule has 0 amide bonds. The Morgan fingerprint density at radius 1 is 0.380 bits per heavy atom. The van der Waals surface area contributed by atoms with Crippen LogP contribution in [0.25, 0.3) is 44.2 Å². The molecule has 0 radical (unpaired) electrons. The first kappa shape index (κ1) is 29.5. The lowest BCUT2D eigenvalue weighted by atomic mass is 9.79. The van der Waals surface area contributed by atoms with E-state index in [1.54, 1.807) is 0 Å². The fraction of sp³-hybridized carbons (Fsp3) is 0.184. The summed E-state index contributed by atoms with van der Waals surface area (Å²) in [5.74, 6) is 0. The van der Waals surface area contributed by atoms with E-state index in [4.69, 9.17) is 0 Å². The first-order valence-corrected chi connectivity index (χ1v) is 18.0. The topological polar surface area (TPSA) is 3.24 Å². The number of fused-ring (bicyclic) bond motifs is 11. The van der Waals surface area contributed by atoms with Crippen molar-refractivity contribution in [2.75, 3.05) is 4.90 Å². The molecule has 0 N–H and O–H groups in total. The van der Waals surface area contributed by atoms with Crippen LogP contribution in [0.15, 0.2) is 140 Å². The normalized spacial score (nSPS) is 16.3. The van der Waals surface area contributed by atoms with Gasteiger partial charge in [-0.3, -0.25) is 0 Å². The molecule has 1 nitrogen and oxygen atoms in total. The minimum Gasteiger partial charge on any atom is -0.309 e. The van der Waals surface area contributed by atoms with Gasteiger partial charge in [-0.05, 0) is 96.2 Å². The lowest BCUT2D eigenvalue weighted by Gasteiger charge is -2.35. The van der Waals surface area contributed by atoms with Crippen LogP contribution in [0.3, 0.4) is 0 Å². The molecule has 7 aromatic carbocycles. The van der Waals surface area contributed by atoms with Crippen LogP contribution in [0.5, 0.6) is 0 Å². The molecule has 0 spiro atoms. The Balaban J connectivity index is 1.33. The Kier molecular flexibility index (Phi) is 5.82. The van der Waals surface area contributed by atoms with Crippen LogP contribution in [0, 0.1) is 0 Å². The lowest BCUT2D eigenvalue weighted by molar-refractivity contribution is 0.658. The zero-order valence-electron chi connectivity index (χ0n) is 29.7. The standard InChI is InChI=1S/C49H41N/c1-47(2)38-22-12-9-18-33(38)35-27-26-31(29-41(35)47)50(42-25-15-21-36-34-19-10-13-23-39(34)48(3,4)45(36)42)43-28-30-16-7-8-17-32(30)46-44(43)37-20-11-14-24-40(37)49(46,5)6/h7-29H,1-6H3. The van der Waals surface area contributed by atoms with Gasteiger partial charge in [0.2, 0.25) is 0 Å². The summed E-state index contributed by atoms with van der Waals surface area (Å²) in [5, 5.41) is 2.61. The summed E-state index contributed by atoms with van der Waals surface area (Å²) in [5.41, 5.74) is 19.7. The van der Waals surface area contributed by atoms with Gasteiger partial charge in [0.15, 0.2) is 0 Å². The first-order chi connectivity index (χ1) is 24.1. The summed E-state index contributed by atoms with van der Waals surface area (Å²) in [4.78, 5) is 2.62. The molecule has 7 aromatic rings. The number of anilines is 3. The van der Waals surface area contributed by atoms with Gasteiger partial charge in [0.25, 0.3) is 0 Å². The second-order valence-corrected chi connectivity index (χ2v) is 16.1. The maximum absolute atomic E-state index is 2.62. The fourth-order valence-electron chi connectivity index (χ4n) is 10.1. The van der Waals surface area contributed by atoms with Gasteiger partial charge in [0, 0.05) is 27.5 Å². The van der Waals surface area contributed by atoms with Crippen LogP contribution in [0.1, 0.15) is 74.9 Å². The second-order valence-electron chi connectivity index (χ2n) is 16.1. The van der Waals surface area contributed by atoms with Crippen LogP contribution in [0.2, 0.25) is 0 Å². The molecule has 242 valence electrons. The maximum atomic E-state index is 2.62. The van der Waals surface area contributed by atoms with Gasteiger partial charge >= 0.3 is 0 Å². The Morgan fingerprint density at radius 3 is 1.66 bits per heavy atom. The molecule has 0 atom stereocenters. The minimum absolute atomic E-state index is 0.109. The minimum atomic E-state index is -0.176.